The number of pyridine rings is 1. The normalized spacial score (nSPS) is 18.2. The number of hydrogen-bond donors (Lipinski definition) is 2. The van der Waals surface area contributed by atoms with Crippen LogP contribution in [-0.2, 0) is 14.8 Å². The molecule has 3 N–H and O–H groups in total. The van der Waals surface area contributed by atoms with Gasteiger partial charge in [-0.1, -0.05) is 0 Å². The molecule has 0 aliphatic carbocycles. The minimum Gasteiger partial charge on any atom is -0.394 e. The van der Waals surface area contributed by atoms with Crippen molar-refractivity contribution in [3.8, 4) is 0 Å². The summed E-state index contributed by atoms with van der Waals surface area (Å²) in [4.78, 5) is 3.87. The number of nitrogens with zero attached hydrogens (tertiary/aromatic N) is 2. The van der Waals surface area contributed by atoms with Crippen LogP contribution in [0.25, 0.3) is 0 Å². The Morgan fingerprint density at radius 1 is 1.45 bits per heavy atom. The van der Waals surface area contributed by atoms with Gasteiger partial charge in [0.25, 0.3) is 0 Å². The molecule has 0 radical (unpaired) electrons. The fourth-order valence-corrected chi connectivity index (χ4v) is 3.76. The summed E-state index contributed by atoms with van der Waals surface area (Å²) in [7, 11) is -3.60. The van der Waals surface area contributed by atoms with Crippen LogP contribution in [0.2, 0.25) is 0 Å². The summed E-state index contributed by atoms with van der Waals surface area (Å²) >= 11 is 0. The third-order valence-electron chi connectivity index (χ3n) is 3.26. The van der Waals surface area contributed by atoms with Crippen molar-refractivity contribution in [3.05, 3.63) is 18.3 Å². The highest BCUT2D eigenvalue weighted by Crippen LogP contribution is 2.24. The maximum atomic E-state index is 12.5. The zero-order valence-corrected chi connectivity index (χ0v) is 11.9. The first kappa shape index (κ1) is 15.2. The molecule has 1 aliphatic rings. The second-order valence-corrected chi connectivity index (χ2v) is 6.49. The summed E-state index contributed by atoms with van der Waals surface area (Å²) in [5.74, 6) is 0.0196. The Morgan fingerprint density at radius 3 is 2.75 bits per heavy atom. The maximum Gasteiger partial charge on any atom is 0.246 e. The van der Waals surface area contributed by atoms with Crippen LogP contribution in [0, 0.1) is 0 Å². The molecule has 0 aromatic carbocycles. The molecular formula is C12H19N3O4S. The van der Waals surface area contributed by atoms with Gasteiger partial charge in [0.1, 0.15) is 10.7 Å². The molecule has 20 heavy (non-hydrogen) atoms. The van der Waals surface area contributed by atoms with Crippen molar-refractivity contribution in [1.29, 1.82) is 0 Å². The number of nitrogens with two attached hydrogens (primary N) is 1. The van der Waals surface area contributed by atoms with Gasteiger partial charge in [0.2, 0.25) is 10.0 Å². The first-order chi connectivity index (χ1) is 9.55. The first-order valence-electron chi connectivity index (χ1n) is 6.49. The number of sulfonamides is 1. The number of piperidine rings is 1. The van der Waals surface area contributed by atoms with Crippen LogP contribution in [0.4, 0.5) is 5.82 Å². The van der Waals surface area contributed by atoms with Crippen LogP contribution in [0.3, 0.4) is 0 Å². The number of nitrogen functional groups attached to an aromatic ring is 1. The van der Waals surface area contributed by atoms with E-state index < -0.39 is 10.0 Å². The lowest BCUT2D eigenvalue weighted by atomic mass is 10.1. The van der Waals surface area contributed by atoms with Gasteiger partial charge in [-0.3, -0.25) is 0 Å². The molecule has 8 heteroatoms. The number of aromatic nitrogens is 1. The molecule has 0 spiro atoms. The van der Waals surface area contributed by atoms with E-state index in [-0.39, 0.29) is 30.0 Å². The number of ether oxygens (including phenoxy) is 1. The third kappa shape index (κ3) is 3.26. The van der Waals surface area contributed by atoms with Crippen molar-refractivity contribution in [3.63, 3.8) is 0 Å². The second kappa shape index (κ2) is 6.49. The number of aliphatic hydroxyl groups is 1. The molecular weight excluding hydrogens is 282 g/mol. The monoisotopic (exact) mass is 301 g/mol. The molecule has 0 atom stereocenters. The van der Waals surface area contributed by atoms with E-state index in [1.54, 1.807) is 6.07 Å². The number of aliphatic hydroxyl groups excluding tert-OH is 1. The highest BCUT2D eigenvalue weighted by atomic mass is 32.2. The quantitative estimate of drug-likeness (QED) is 0.782. The zero-order chi connectivity index (χ0) is 14.6. The highest BCUT2D eigenvalue weighted by Gasteiger charge is 2.31. The molecule has 0 saturated carbocycles. The largest absolute Gasteiger partial charge is 0.394 e. The lowest BCUT2D eigenvalue weighted by Gasteiger charge is -2.31. The molecule has 1 fully saturated rings. The van der Waals surface area contributed by atoms with Gasteiger partial charge in [-0.25, -0.2) is 13.4 Å². The van der Waals surface area contributed by atoms with Crippen LogP contribution in [0.15, 0.2) is 23.2 Å². The molecule has 1 saturated heterocycles. The van der Waals surface area contributed by atoms with E-state index in [0.29, 0.717) is 25.9 Å². The van der Waals surface area contributed by atoms with Crippen molar-refractivity contribution >= 4 is 15.8 Å². The zero-order valence-electron chi connectivity index (χ0n) is 11.1. The predicted molar refractivity (Wildman–Crippen MR) is 73.5 cm³/mol. The minimum absolute atomic E-state index is 0.000143. The van der Waals surface area contributed by atoms with Gasteiger partial charge < -0.3 is 15.6 Å². The summed E-state index contributed by atoms with van der Waals surface area (Å²) in [5, 5.41) is 8.71. The Morgan fingerprint density at radius 2 is 2.15 bits per heavy atom. The average Bonchev–Trinajstić information content (AvgIpc) is 2.46. The molecule has 2 rings (SSSR count). The van der Waals surface area contributed by atoms with E-state index >= 15 is 0 Å². The van der Waals surface area contributed by atoms with Crippen LogP contribution in [0.5, 0.6) is 0 Å². The summed E-state index contributed by atoms with van der Waals surface area (Å²) < 4.78 is 31.7. The Hall–Kier alpha value is -1.22. The van der Waals surface area contributed by atoms with E-state index in [0.717, 1.165) is 0 Å². The van der Waals surface area contributed by atoms with E-state index in [1.165, 1.54) is 16.6 Å². The van der Waals surface area contributed by atoms with Crippen LogP contribution in [0.1, 0.15) is 12.8 Å². The SMILES string of the molecule is Nc1ncccc1S(=O)(=O)N1CCC(OCCO)CC1. The molecule has 1 aliphatic heterocycles. The molecule has 7 nitrogen and oxygen atoms in total. The second-order valence-electron chi connectivity index (χ2n) is 4.58. The van der Waals surface area contributed by atoms with Crippen molar-refractivity contribution < 1.29 is 18.3 Å². The molecule has 0 bridgehead atoms. The maximum absolute atomic E-state index is 12.5. The summed E-state index contributed by atoms with van der Waals surface area (Å²) in [5.41, 5.74) is 5.64. The van der Waals surface area contributed by atoms with E-state index in [9.17, 15) is 8.42 Å². The van der Waals surface area contributed by atoms with Gasteiger partial charge in [-0.05, 0) is 25.0 Å². The molecule has 0 amide bonds. The molecule has 0 unspecified atom stereocenters. The highest BCUT2D eigenvalue weighted by molar-refractivity contribution is 7.89. The summed E-state index contributed by atoms with van der Waals surface area (Å²) in [6.07, 6.45) is 2.68. The van der Waals surface area contributed by atoms with E-state index in [4.69, 9.17) is 15.6 Å². The van der Waals surface area contributed by atoms with Gasteiger partial charge in [-0.15, -0.1) is 0 Å². The molecule has 1 aromatic heterocycles. The van der Waals surface area contributed by atoms with Crippen LogP contribution in [-0.4, -0.2) is 55.2 Å². The van der Waals surface area contributed by atoms with Gasteiger partial charge in [0, 0.05) is 19.3 Å². The van der Waals surface area contributed by atoms with Gasteiger partial charge in [0.05, 0.1) is 19.3 Å². The van der Waals surface area contributed by atoms with Gasteiger partial charge in [-0.2, -0.15) is 4.31 Å². The van der Waals surface area contributed by atoms with Crippen molar-refractivity contribution in [2.75, 3.05) is 32.0 Å². The van der Waals surface area contributed by atoms with Gasteiger partial charge >= 0.3 is 0 Å². The standard InChI is InChI=1S/C12H19N3O4S/c13-12-11(2-1-5-14-12)20(17,18)15-6-3-10(4-7-15)19-9-8-16/h1-2,5,10,16H,3-4,6-9H2,(H2,13,14). The van der Waals surface area contributed by atoms with Crippen molar-refractivity contribution in [2.24, 2.45) is 0 Å². The topological polar surface area (TPSA) is 106 Å². The Balaban J connectivity index is 2.04. The van der Waals surface area contributed by atoms with Crippen LogP contribution >= 0.6 is 0 Å². The molecule has 112 valence electrons. The summed E-state index contributed by atoms with van der Waals surface area (Å²) in [6.45, 7) is 1.03. The van der Waals surface area contributed by atoms with E-state index in [2.05, 4.69) is 4.98 Å². The Bertz CT molecular complexity index is 541. The lowest BCUT2D eigenvalue weighted by Crippen LogP contribution is -2.41. The van der Waals surface area contributed by atoms with Crippen molar-refractivity contribution in [1.82, 2.24) is 9.29 Å². The fraction of sp³-hybridized carbons (Fsp3) is 0.583. The van der Waals surface area contributed by atoms with Gasteiger partial charge in [0.15, 0.2) is 0 Å². The molecule has 2 heterocycles. The predicted octanol–water partition coefficient (Wildman–Crippen LogP) is -0.174. The smallest absolute Gasteiger partial charge is 0.246 e. The van der Waals surface area contributed by atoms with Crippen molar-refractivity contribution in [2.45, 2.75) is 23.8 Å². The lowest BCUT2D eigenvalue weighted by molar-refractivity contribution is 0.00319. The Kier molecular flexibility index (Phi) is 4.92. The average molecular weight is 301 g/mol. The number of anilines is 1. The Labute approximate surface area is 118 Å². The van der Waals surface area contributed by atoms with Crippen LogP contribution < -0.4 is 5.73 Å². The fourth-order valence-electron chi connectivity index (χ4n) is 2.22. The first-order valence-corrected chi connectivity index (χ1v) is 7.93. The van der Waals surface area contributed by atoms with E-state index in [1.807, 2.05) is 0 Å². The number of rotatable bonds is 5. The summed E-state index contributed by atoms with van der Waals surface area (Å²) in [6, 6.07) is 3.02. The third-order valence-corrected chi connectivity index (χ3v) is 5.21. The molecule has 1 aromatic rings. The number of hydrogen-bond acceptors (Lipinski definition) is 6. The minimum atomic E-state index is -3.60.